The maximum Gasteiger partial charge on any atom is 0.295 e. The number of ketones is 1. The Labute approximate surface area is 199 Å². The molecule has 0 radical (unpaired) electrons. The van der Waals surface area contributed by atoms with Gasteiger partial charge in [-0.1, -0.05) is 32.0 Å². The molecule has 3 aromatic rings. The van der Waals surface area contributed by atoms with Gasteiger partial charge in [-0.15, -0.1) is 0 Å². The predicted molar refractivity (Wildman–Crippen MR) is 129 cm³/mol. The lowest BCUT2D eigenvalue weighted by molar-refractivity contribution is -0.140. The highest BCUT2D eigenvalue weighted by Crippen LogP contribution is 2.40. The fourth-order valence-electron chi connectivity index (χ4n) is 4.41. The first kappa shape index (κ1) is 23.5. The molecular formula is C26H30N4O4. The van der Waals surface area contributed by atoms with Gasteiger partial charge in [-0.05, 0) is 51.2 Å². The number of likely N-dealkylation sites (N-methyl/N-ethyl adjacent to an activating group) is 1. The lowest BCUT2D eigenvalue weighted by Crippen LogP contribution is -2.37. The van der Waals surface area contributed by atoms with Crippen molar-refractivity contribution in [2.75, 3.05) is 26.2 Å². The predicted octanol–water partition coefficient (Wildman–Crippen LogP) is 3.85. The SMILES string of the molecule is CCN(CC)CCN1C(=O)C(=O)C(=C(O)c2cnn(-c3ccccc3)c2C)C1c1ccc(C)o1. The van der Waals surface area contributed by atoms with Crippen molar-refractivity contribution >= 4 is 17.4 Å². The molecule has 8 heteroatoms. The molecule has 1 saturated heterocycles. The van der Waals surface area contributed by atoms with E-state index in [4.69, 9.17) is 4.42 Å². The zero-order valence-corrected chi connectivity index (χ0v) is 20.0. The molecule has 1 aromatic carbocycles. The number of rotatable bonds is 8. The van der Waals surface area contributed by atoms with E-state index in [0.717, 1.165) is 18.8 Å². The molecule has 2 aromatic heterocycles. The number of benzene rings is 1. The minimum Gasteiger partial charge on any atom is -0.507 e. The van der Waals surface area contributed by atoms with Gasteiger partial charge in [0.2, 0.25) is 0 Å². The van der Waals surface area contributed by atoms with Gasteiger partial charge < -0.3 is 19.3 Å². The molecule has 1 atom stereocenters. The van der Waals surface area contributed by atoms with Gasteiger partial charge in [-0.3, -0.25) is 9.59 Å². The first-order valence-corrected chi connectivity index (χ1v) is 11.5. The van der Waals surface area contributed by atoms with E-state index < -0.39 is 17.7 Å². The van der Waals surface area contributed by atoms with Crippen molar-refractivity contribution in [2.45, 2.75) is 33.7 Å². The molecule has 1 amide bonds. The van der Waals surface area contributed by atoms with Gasteiger partial charge in [-0.2, -0.15) is 5.10 Å². The van der Waals surface area contributed by atoms with E-state index in [2.05, 4.69) is 23.8 Å². The lowest BCUT2D eigenvalue weighted by Gasteiger charge is -2.26. The number of aryl methyl sites for hydroxylation is 1. The number of furan rings is 1. The van der Waals surface area contributed by atoms with Crippen molar-refractivity contribution in [3.05, 3.63) is 77.0 Å². The van der Waals surface area contributed by atoms with Gasteiger partial charge in [0.05, 0.1) is 28.7 Å². The van der Waals surface area contributed by atoms with Crippen LogP contribution in [0.1, 0.15) is 42.7 Å². The number of likely N-dealkylation sites (tertiary alicyclic amines) is 1. The Morgan fingerprint density at radius 1 is 1.09 bits per heavy atom. The summed E-state index contributed by atoms with van der Waals surface area (Å²) in [4.78, 5) is 30.0. The van der Waals surface area contributed by atoms with E-state index in [1.807, 2.05) is 37.3 Å². The Kier molecular flexibility index (Phi) is 6.70. The van der Waals surface area contributed by atoms with Crippen molar-refractivity contribution in [1.82, 2.24) is 19.6 Å². The highest BCUT2D eigenvalue weighted by molar-refractivity contribution is 6.46. The third-order valence-corrected chi connectivity index (χ3v) is 6.39. The monoisotopic (exact) mass is 462 g/mol. The van der Waals surface area contributed by atoms with Crippen LogP contribution in [0.15, 0.2) is 58.7 Å². The second kappa shape index (κ2) is 9.69. The molecule has 34 heavy (non-hydrogen) atoms. The molecule has 0 saturated carbocycles. The van der Waals surface area contributed by atoms with E-state index in [0.29, 0.717) is 35.9 Å². The second-order valence-electron chi connectivity index (χ2n) is 8.36. The zero-order valence-electron chi connectivity index (χ0n) is 20.0. The van der Waals surface area contributed by atoms with Crippen LogP contribution in [0.3, 0.4) is 0 Å². The summed E-state index contributed by atoms with van der Waals surface area (Å²) in [6.45, 7) is 10.4. The Morgan fingerprint density at radius 3 is 2.41 bits per heavy atom. The number of aliphatic hydroxyl groups is 1. The third-order valence-electron chi connectivity index (χ3n) is 6.39. The highest BCUT2D eigenvalue weighted by Gasteiger charge is 2.47. The van der Waals surface area contributed by atoms with Crippen LogP contribution in [0.2, 0.25) is 0 Å². The first-order valence-electron chi connectivity index (χ1n) is 11.5. The Balaban J connectivity index is 1.79. The van der Waals surface area contributed by atoms with Crippen LogP contribution < -0.4 is 0 Å². The fourth-order valence-corrected chi connectivity index (χ4v) is 4.41. The number of hydrogen-bond acceptors (Lipinski definition) is 6. The summed E-state index contributed by atoms with van der Waals surface area (Å²) in [5.41, 5.74) is 1.91. The average Bonchev–Trinajstić information content (AvgIpc) is 3.51. The van der Waals surface area contributed by atoms with Gasteiger partial charge in [-0.25, -0.2) is 4.68 Å². The summed E-state index contributed by atoms with van der Waals surface area (Å²) in [7, 11) is 0. The Hall–Kier alpha value is -3.65. The van der Waals surface area contributed by atoms with Crippen LogP contribution in [0, 0.1) is 13.8 Å². The van der Waals surface area contributed by atoms with Crippen LogP contribution in [0.25, 0.3) is 11.4 Å². The highest BCUT2D eigenvalue weighted by atomic mass is 16.3. The first-order chi connectivity index (χ1) is 16.4. The number of amides is 1. The van der Waals surface area contributed by atoms with Crippen molar-refractivity contribution in [3.63, 3.8) is 0 Å². The van der Waals surface area contributed by atoms with Crippen molar-refractivity contribution in [2.24, 2.45) is 0 Å². The molecule has 1 aliphatic rings. The Bertz CT molecular complexity index is 1220. The number of carbonyl (C=O) groups is 2. The minimum absolute atomic E-state index is 0.0228. The van der Waals surface area contributed by atoms with Crippen LogP contribution in [-0.2, 0) is 9.59 Å². The van der Waals surface area contributed by atoms with Gasteiger partial charge >= 0.3 is 0 Å². The van der Waals surface area contributed by atoms with Crippen molar-refractivity contribution in [3.8, 4) is 5.69 Å². The molecule has 1 aliphatic heterocycles. The molecule has 178 valence electrons. The molecule has 4 rings (SSSR count). The summed E-state index contributed by atoms with van der Waals surface area (Å²) in [6.07, 6.45) is 1.52. The lowest BCUT2D eigenvalue weighted by atomic mass is 9.99. The average molecular weight is 463 g/mol. The molecule has 1 N–H and O–H groups in total. The van der Waals surface area contributed by atoms with Gasteiger partial charge in [0.1, 0.15) is 23.3 Å². The van der Waals surface area contributed by atoms with E-state index in [1.54, 1.807) is 23.7 Å². The summed E-state index contributed by atoms with van der Waals surface area (Å²) >= 11 is 0. The number of Topliss-reactive ketones (excluding diaryl/α,β-unsaturated/α-hetero) is 1. The van der Waals surface area contributed by atoms with E-state index in [1.165, 1.54) is 11.1 Å². The summed E-state index contributed by atoms with van der Waals surface area (Å²) in [5, 5.41) is 15.8. The van der Waals surface area contributed by atoms with Crippen LogP contribution >= 0.6 is 0 Å². The molecule has 8 nitrogen and oxygen atoms in total. The Morgan fingerprint density at radius 2 is 1.79 bits per heavy atom. The van der Waals surface area contributed by atoms with Crippen LogP contribution in [-0.4, -0.2) is 62.6 Å². The maximum absolute atomic E-state index is 13.2. The van der Waals surface area contributed by atoms with Gasteiger partial charge in [0.15, 0.2) is 0 Å². The van der Waals surface area contributed by atoms with Gasteiger partial charge in [0, 0.05) is 13.1 Å². The van der Waals surface area contributed by atoms with Crippen molar-refractivity contribution in [1.29, 1.82) is 0 Å². The normalized spacial score (nSPS) is 17.8. The number of aliphatic hydroxyl groups excluding tert-OH is 1. The molecular weight excluding hydrogens is 432 g/mol. The topological polar surface area (TPSA) is 91.8 Å². The minimum atomic E-state index is -0.802. The van der Waals surface area contributed by atoms with Gasteiger partial charge in [0.25, 0.3) is 11.7 Å². The van der Waals surface area contributed by atoms with E-state index in [-0.39, 0.29) is 11.3 Å². The number of nitrogens with zero attached hydrogens (tertiary/aromatic N) is 4. The van der Waals surface area contributed by atoms with Crippen LogP contribution in [0.4, 0.5) is 0 Å². The van der Waals surface area contributed by atoms with Crippen molar-refractivity contribution < 1.29 is 19.1 Å². The summed E-state index contributed by atoms with van der Waals surface area (Å²) in [6, 6.07) is 12.3. The smallest absolute Gasteiger partial charge is 0.295 e. The van der Waals surface area contributed by atoms with Crippen LogP contribution in [0.5, 0.6) is 0 Å². The molecule has 3 heterocycles. The number of carbonyl (C=O) groups excluding carboxylic acids is 2. The molecule has 1 unspecified atom stereocenters. The molecule has 0 spiro atoms. The summed E-state index contributed by atoms with van der Waals surface area (Å²) < 4.78 is 7.54. The third kappa shape index (κ3) is 4.17. The number of aromatic nitrogens is 2. The number of para-hydroxylation sites is 1. The number of hydrogen-bond donors (Lipinski definition) is 1. The molecule has 0 bridgehead atoms. The quantitative estimate of drug-likeness (QED) is 0.311. The summed E-state index contributed by atoms with van der Waals surface area (Å²) in [5.74, 6) is -0.491. The fraction of sp³-hybridized carbons (Fsp3) is 0.346. The van der Waals surface area contributed by atoms with E-state index >= 15 is 0 Å². The zero-order chi connectivity index (χ0) is 24.4. The maximum atomic E-state index is 13.2. The largest absolute Gasteiger partial charge is 0.507 e. The molecule has 1 fully saturated rings. The second-order valence-corrected chi connectivity index (χ2v) is 8.36. The van der Waals surface area contributed by atoms with E-state index in [9.17, 15) is 14.7 Å². The molecule has 0 aliphatic carbocycles. The standard InChI is InChI=1S/C26H30N4O4/c1-5-28(6-2)14-15-29-23(21-13-12-17(3)34-21)22(25(32)26(29)33)24(31)20-16-27-30(18(20)4)19-10-8-7-9-11-19/h7-13,16,23,31H,5-6,14-15H2,1-4H3.